The van der Waals surface area contributed by atoms with Crippen molar-refractivity contribution in [3.63, 3.8) is 0 Å². The quantitative estimate of drug-likeness (QED) is 0.785. The van der Waals surface area contributed by atoms with Gasteiger partial charge in [-0.1, -0.05) is 6.07 Å². The summed E-state index contributed by atoms with van der Waals surface area (Å²) < 4.78 is 5.37. The number of piperidine rings is 1. The fourth-order valence-electron chi connectivity index (χ4n) is 4.24. The molecule has 2 atom stereocenters. The number of hydrogen-bond donors (Lipinski definition) is 2. The lowest BCUT2D eigenvalue weighted by atomic mass is 9.78. The van der Waals surface area contributed by atoms with Crippen molar-refractivity contribution in [2.45, 2.75) is 32.6 Å². The van der Waals surface area contributed by atoms with Crippen LogP contribution < -0.4 is 10.1 Å². The zero-order chi connectivity index (χ0) is 20.1. The highest BCUT2D eigenvalue weighted by molar-refractivity contribution is 6.03. The van der Waals surface area contributed by atoms with Crippen LogP contribution in [0.3, 0.4) is 0 Å². The second-order valence-electron chi connectivity index (χ2n) is 7.49. The average molecular weight is 387 g/mol. The summed E-state index contributed by atoms with van der Waals surface area (Å²) in [6, 6.07) is 5.99. The van der Waals surface area contributed by atoms with Gasteiger partial charge >= 0.3 is 12.0 Å². The Bertz CT molecular complexity index is 762. The molecular weight excluding hydrogens is 358 g/mol. The number of ether oxygens (including phenoxy) is 1. The van der Waals surface area contributed by atoms with Crippen molar-refractivity contribution >= 4 is 17.7 Å². The van der Waals surface area contributed by atoms with E-state index in [9.17, 15) is 14.7 Å². The van der Waals surface area contributed by atoms with Gasteiger partial charge in [0.1, 0.15) is 5.75 Å². The van der Waals surface area contributed by atoms with E-state index in [-0.39, 0.29) is 24.3 Å². The van der Waals surface area contributed by atoms with E-state index in [0.29, 0.717) is 32.5 Å². The van der Waals surface area contributed by atoms with E-state index in [1.54, 1.807) is 7.11 Å². The molecular formula is C21H29N3O4. The number of hydrogen-bond acceptors (Lipinski definition) is 4. The van der Waals surface area contributed by atoms with E-state index in [4.69, 9.17) is 9.73 Å². The predicted octanol–water partition coefficient (Wildman–Crippen LogP) is 2.57. The zero-order valence-corrected chi connectivity index (χ0v) is 16.6. The summed E-state index contributed by atoms with van der Waals surface area (Å²) in [6.45, 7) is 4.37. The Morgan fingerprint density at radius 1 is 1.36 bits per heavy atom. The van der Waals surface area contributed by atoms with Crippen molar-refractivity contribution in [1.29, 1.82) is 0 Å². The van der Waals surface area contributed by atoms with E-state index < -0.39 is 5.97 Å². The minimum Gasteiger partial charge on any atom is -0.497 e. The number of aliphatic carboxylic acids is 1. The highest BCUT2D eigenvalue weighted by atomic mass is 16.5. The van der Waals surface area contributed by atoms with Gasteiger partial charge in [0.05, 0.1) is 7.11 Å². The number of nitrogens with one attached hydrogen (secondary N) is 1. The Labute approximate surface area is 165 Å². The van der Waals surface area contributed by atoms with Crippen LogP contribution in [0.4, 0.5) is 4.79 Å². The highest BCUT2D eigenvalue weighted by Gasteiger charge is 2.34. The number of fused-ring (bicyclic) bond motifs is 1. The Morgan fingerprint density at radius 3 is 2.89 bits per heavy atom. The van der Waals surface area contributed by atoms with Gasteiger partial charge in [-0.05, 0) is 55.7 Å². The number of rotatable bonds is 6. The molecule has 0 radical (unpaired) electrons. The number of carboxylic acid groups (broad SMARTS) is 1. The van der Waals surface area contributed by atoms with Crippen molar-refractivity contribution in [2.24, 2.45) is 16.8 Å². The van der Waals surface area contributed by atoms with Crippen molar-refractivity contribution in [1.82, 2.24) is 10.2 Å². The van der Waals surface area contributed by atoms with Crippen LogP contribution in [-0.2, 0) is 11.2 Å². The van der Waals surface area contributed by atoms with Crippen molar-refractivity contribution < 1.29 is 19.4 Å². The van der Waals surface area contributed by atoms with Gasteiger partial charge in [-0.15, -0.1) is 0 Å². The number of likely N-dealkylation sites (tertiary alicyclic amines) is 1. The number of nitrogens with zero attached hydrogens (tertiary/aromatic N) is 2. The molecule has 0 aromatic heterocycles. The fraction of sp³-hybridized carbons (Fsp3) is 0.571. The molecule has 1 aromatic rings. The first-order valence-electron chi connectivity index (χ1n) is 9.97. The summed E-state index contributed by atoms with van der Waals surface area (Å²) in [5.74, 6) is 0.127. The molecule has 0 spiro atoms. The molecule has 2 heterocycles. The van der Waals surface area contributed by atoms with Crippen LogP contribution in [0.15, 0.2) is 23.2 Å². The highest BCUT2D eigenvalue weighted by Crippen LogP contribution is 2.32. The molecule has 1 saturated heterocycles. The molecule has 7 heteroatoms. The summed E-state index contributed by atoms with van der Waals surface area (Å²) in [5.41, 5.74) is 3.34. The topological polar surface area (TPSA) is 91.2 Å². The first-order valence-corrected chi connectivity index (χ1v) is 9.97. The van der Waals surface area contributed by atoms with Gasteiger partial charge in [-0.3, -0.25) is 9.79 Å². The van der Waals surface area contributed by atoms with Crippen LogP contribution >= 0.6 is 0 Å². The molecule has 152 valence electrons. The Balaban J connectivity index is 1.81. The molecule has 2 aliphatic rings. The van der Waals surface area contributed by atoms with Crippen LogP contribution in [-0.4, -0.2) is 61.0 Å². The van der Waals surface area contributed by atoms with Gasteiger partial charge in [0.2, 0.25) is 0 Å². The second-order valence-corrected chi connectivity index (χ2v) is 7.49. The molecule has 2 N–H and O–H groups in total. The van der Waals surface area contributed by atoms with E-state index in [2.05, 4.69) is 11.4 Å². The maximum absolute atomic E-state index is 12.3. The minimum atomic E-state index is -0.783. The van der Waals surface area contributed by atoms with Crippen LogP contribution in [0.25, 0.3) is 0 Å². The van der Waals surface area contributed by atoms with Crippen LogP contribution in [0.2, 0.25) is 0 Å². The largest absolute Gasteiger partial charge is 0.497 e. The molecule has 1 fully saturated rings. The number of amides is 2. The first-order chi connectivity index (χ1) is 13.5. The Kier molecular flexibility index (Phi) is 6.54. The SMILES string of the molecule is CCNC(=O)N1CC[C@@H](CC(=O)O)[C@@H](CC2=NCCc3ccc(OC)cc32)C1. The summed E-state index contributed by atoms with van der Waals surface area (Å²) in [5, 5.41) is 12.2. The average Bonchev–Trinajstić information content (AvgIpc) is 2.69. The summed E-state index contributed by atoms with van der Waals surface area (Å²) in [7, 11) is 1.65. The second kappa shape index (κ2) is 9.08. The maximum atomic E-state index is 12.3. The molecule has 2 aliphatic heterocycles. The van der Waals surface area contributed by atoms with Crippen molar-refractivity contribution in [3.05, 3.63) is 29.3 Å². The van der Waals surface area contributed by atoms with Crippen LogP contribution in [0.5, 0.6) is 5.75 Å². The fourth-order valence-corrected chi connectivity index (χ4v) is 4.24. The first kappa shape index (κ1) is 20.2. The third-order valence-corrected chi connectivity index (χ3v) is 5.71. The molecule has 1 aromatic carbocycles. The molecule has 3 rings (SSSR count). The van der Waals surface area contributed by atoms with Crippen LogP contribution in [0, 0.1) is 11.8 Å². The number of aliphatic imine (C=N–C) groups is 1. The monoisotopic (exact) mass is 387 g/mol. The standard InChI is InChI=1S/C21H29N3O4/c1-3-22-21(27)24-9-7-15(11-20(25)26)16(13-24)10-19-18-12-17(28-2)5-4-14(18)6-8-23-19/h4-5,12,15-16H,3,6-11,13H2,1-2H3,(H,22,27)(H,25,26)/t15-,16-/m0/s1. The molecule has 0 unspecified atom stereocenters. The summed E-state index contributed by atoms with van der Waals surface area (Å²) in [6.07, 6.45) is 2.41. The smallest absolute Gasteiger partial charge is 0.317 e. The molecule has 0 bridgehead atoms. The number of urea groups is 1. The summed E-state index contributed by atoms with van der Waals surface area (Å²) >= 11 is 0. The van der Waals surface area contributed by atoms with Crippen molar-refractivity contribution in [2.75, 3.05) is 33.3 Å². The third kappa shape index (κ3) is 4.64. The zero-order valence-electron chi connectivity index (χ0n) is 16.6. The van der Waals surface area contributed by atoms with E-state index in [1.807, 2.05) is 24.0 Å². The lowest BCUT2D eigenvalue weighted by molar-refractivity contribution is -0.138. The van der Waals surface area contributed by atoms with E-state index in [0.717, 1.165) is 30.0 Å². The minimum absolute atomic E-state index is 0.0434. The Morgan fingerprint density at radius 2 is 2.18 bits per heavy atom. The summed E-state index contributed by atoms with van der Waals surface area (Å²) in [4.78, 5) is 30.2. The lowest BCUT2D eigenvalue weighted by Gasteiger charge is -2.38. The maximum Gasteiger partial charge on any atom is 0.317 e. The van der Waals surface area contributed by atoms with Gasteiger partial charge in [0.25, 0.3) is 0 Å². The van der Waals surface area contributed by atoms with E-state index in [1.165, 1.54) is 5.56 Å². The molecule has 7 nitrogen and oxygen atoms in total. The van der Waals surface area contributed by atoms with Gasteiger partial charge in [0, 0.05) is 43.9 Å². The van der Waals surface area contributed by atoms with Gasteiger partial charge in [-0.25, -0.2) is 4.79 Å². The normalized spacial score (nSPS) is 21.5. The van der Waals surface area contributed by atoms with Gasteiger partial charge in [0.15, 0.2) is 0 Å². The van der Waals surface area contributed by atoms with Gasteiger partial charge < -0.3 is 20.1 Å². The van der Waals surface area contributed by atoms with Crippen LogP contribution in [0.1, 0.15) is 37.3 Å². The number of methoxy groups -OCH3 is 1. The predicted molar refractivity (Wildman–Crippen MR) is 107 cm³/mol. The number of carbonyl (C=O) groups excluding carboxylic acids is 1. The molecule has 0 saturated carbocycles. The molecule has 28 heavy (non-hydrogen) atoms. The van der Waals surface area contributed by atoms with Gasteiger partial charge in [-0.2, -0.15) is 0 Å². The molecule has 0 aliphatic carbocycles. The number of carbonyl (C=O) groups is 2. The van der Waals surface area contributed by atoms with E-state index >= 15 is 0 Å². The van der Waals surface area contributed by atoms with Crippen molar-refractivity contribution in [3.8, 4) is 5.75 Å². The Hall–Kier alpha value is -2.57. The third-order valence-electron chi connectivity index (χ3n) is 5.71. The number of carboxylic acids is 1. The lowest BCUT2D eigenvalue weighted by Crippen LogP contribution is -2.48. The molecule has 2 amide bonds. The number of benzene rings is 1.